The number of hydrogen-bond donors (Lipinski definition) is 2. The first kappa shape index (κ1) is 11.1. The zero-order valence-corrected chi connectivity index (χ0v) is 9.32. The van der Waals surface area contributed by atoms with E-state index in [9.17, 15) is 4.79 Å². The number of methoxy groups -OCH3 is 1. The van der Waals surface area contributed by atoms with Crippen molar-refractivity contribution < 1.29 is 9.53 Å². The molecule has 0 aromatic heterocycles. The van der Waals surface area contributed by atoms with Gasteiger partial charge in [0.15, 0.2) is 0 Å². The smallest absolute Gasteiger partial charge is 0.247 e. The lowest BCUT2D eigenvalue weighted by atomic mass is 9.88. The van der Waals surface area contributed by atoms with E-state index >= 15 is 0 Å². The van der Waals surface area contributed by atoms with Crippen molar-refractivity contribution in [1.82, 2.24) is 10.6 Å². The van der Waals surface area contributed by atoms with Crippen LogP contribution in [0.3, 0.4) is 0 Å². The molecule has 1 saturated heterocycles. The van der Waals surface area contributed by atoms with Gasteiger partial charge in [0, 0.05) is 20.2 Å². The summed E-state index contributed by atoms with van der Waals surface area (Å²) >= 11 is 0. The molecule has 1 fully saturated rings. The Labute approximate surface area is 95.0 Å². The molecule has 1 amide bonds. The average molecular weight is 220 g/mol. The molecular formula is C12H16N2O2. The number of nitrogens with one attached hydrogen (secondary N) is 2. The molecule has 0 radical (unpaired) electrons. The minimum atomic E-state index is -0.742. The maximum Gasteiger partial charge on any atom is 0.247 e. The van der Waals surface area contributed by atoms with Crippen LogP contribution < -0.4 is 10.6 Å². The lowest BCUT2D eigenvalue weighted by Crippen LogP contribution is -2.63. The van der Waals surface area contributed by atoms with Gasteiger partial charge in [0.25, 0.3) is 0 Å². The van der Waals surface area contributed by atoms with Crippen molar-refractivity contribution in [2.24, 2.45) is 0 Å². The fourth-order valence-corrected chi connectivity index (χ4v) is 2.06. The zero-order chi connectivity index (χ0) is 11.4. The molecule has 1 heterocycles. The Hall–Kier alpha value is -1.39. The number of rotatable bonds is 3. The fourth-order valence-electron chi connectivity index (χ4n) is 2.06. The molecule has 2 N–H and O–H groups in total. The van der Waals surface area contributed by atoms with Crippen LogP contribution in [-0.2, 0) is 15.1 Å². The minimum absolute atomic E-state index is 0.0215. The second kappa shape index (κ2) is 4.63. The monoisotopic (exact) mass is 220 g/mol. The Bertz CT molecular complexity index is 363. The van der Waals surface area contributed by atoms with Gasteiger partial charge < -0.3 is 10.1 Å². The summed E-state index contributed by atoms with van der Waals surface area (Å²) in [4.78, 5) is 12.1. The molecule has 1 aliphatic rings. The van der Waals surface area contributed by atoms with Gasteiger partial charge in [-0.3, -0.25) is 10.1 Å². The van der Waals surface area contributed by atoms with Gasteiger partial charge in [0.2, 0.25) is 5.91 Å². The number of carbonyl (C=O) groups excluding carboxylic acids is 1. The lowest BCUT2D eigenvalue weighted by molar-refractivity contribution is -0.132. The average Bonchev–Trinajstić information content (AvgIpc) is 2.34. The minimum Gasteiger partial charge on any atom is -0.382 e. The van der Waals surface area contributed by atoms with Crippen LogP contribution in [0.25, 0.3) is 0 Å². The van der Waals surface area contributed by atoms with Gasteiger partial charge >= 0.3 is 0 Å². The van der Waals surface area contributed by atoms with Crippen molar-refractivity contribution in [1.29, 1.82) is 0 Å². The molecule has 1 unspecified atom stereocenters. The number of ether oxygens (including phenoxy) is 1. The predicted molar refractivity (Wildman–Crippen MR) is 61.0 cm³/mol. The molecule has 1 aliphatic heterocycles. The van der Waals surface area contributed by atoms with Crippen molar-refractivity contribution in [2.75, 3.05) is 26.8 Å². The van der Waals surface area contributed by atoms with E-state index in [0.717, 1.165) is 12.1 Å². The Morgan fingerprint density at radius 1 is 1.31 bits per heavy atom. The summed E-state index contributed by atoms with van der Waals surface area (Å²) in [5.74, 6) is -0.0215. The largest absolute Gasteiger partial charge is 0.382 e. The van der Waals surface area contributed by atoms with Crippen molar-refractivity contribution in [3.63, 3.8) is 0 Å². The van der Waals surface area contributed by atoms with Gasteiger partial charge in [-0.15, -0.1) is 0 Å². The van der Waals surface area contributed by atoms with Crippen molar-refractivity contribution >= 4 is 5.91 Å². The molecule has 0 saturated carbocycles. The van der Waals surface area contributed by atoms with Gasteiger partial charge in [-0.25, -0.2) is 0 Å². The van der Waals surface area contributed by atoms with E-state index in [1.807, 2.05) is 30.3 Å². The molecule has 1 atom stereocenters. The van der Waals surface area contributed by atoms with Crippen LogP contribution in [0.15, 0.2) is 30.3 Å². The maximum atomic E-state index is 12.1. The summed E-state index contributed by atoms with van der Waals surface area (Å²) in [6, 6.07) is 9.67. The molecule has 1 aromatic carbocycles. The highest BCUT2D eigenvalue weighted by Gasteiger charge is 2.41. The van der Waals surface area contributed by atoms with Crippen molar-refractivity contribution in [2.45, 2.75) is 5.54 Å². The van der Waals surface area contributed by atoms with Crippen molar-refractivity contribution in [3.05, 3.63) is 35.9 Å². The summed E-state index contributed by atoms with van der Waals surface area (Å²) in [5.41, 5.74) is 0.197. The quantitative estimate of drug-likeness (QED) is 0.767. The summed E-state index contributed by atoms with van der Waals surface area (Å²) in [6.45, 7) is 1.75. The SMILES string of the molecule is COCC1(c2ccccc2)NCCNC1=O. The summed E-state index contributed by atoms with van der Waals surface area (Å²) in [7, 11) is 1.61. The topological polar surface area (TPSA) is 50.4 Å². The first-order chi connectivity index (χ1) is 7.79. The van der Waals surface area contributed by atoms with Gasteiger partial charge in [-0.1, -0.05) is 30.3 Å². The molecule has 0 bridgehead atoms. The molecule has 2 rings (SSSR count). The Kier molecular flexibility index (Phi) is 3.22. The van der Waals surface area contributed by atoms with E-state index in [4.69, 9.17) is 4.74 Å². The fraction of sp³-hybridized carbons (Fsp3) is 0.417. The third-order valence-corrected chi connectivity index (χ3v) is 2.85. The van der Waals surface area contributed by atoms with Crippen LogP contribution in [0.5, 0.6) is 0 Å². The maximum absolute atomic E-state index is 12.1. The number of hydrogen-bond acceptors (Lipinski definition) is 3. The second-order valence-electron chi connectivity index (χ2n) is 3.89. The van der Waals surface area contributed by atoms with E-state index in [-0.39, 0.29) is 5.91 Å². The standard InChI is InChI=1S/C12H16N2O2/c1-16-9-12(10-5-3-2-4-6-10)11(15)13-7-8-14-12/h2-6,14H,7-9H2,1H3,(H,13,15). The lowest BCUT2D eigenvalue weighted by Gasteiger charge is -2.36. The van der Waals surface area contributed by atoms with E-state index < -0.39 is 5.54 Å². The molecule has 0 spiro atoms. The Morgan fingerprint density at radius 3 is 2.69 bits per heavy atom. The molecule has 86 valence electrons. The van der Waals surface area contributed by atoms with Crippen LogP contribution in [0, 0.1) is 0 Å². The Morgan fingerprint density at radius 2 is 2.06 bits per heavy atom. The van der Waals surface area contributed by atoms with Crippen LogP contribution in [0.2, 0.25) is 0 Å². The van der Waals surface area contributed by atoms with E-state index in [1.165, 1.54) is 0 Å². The van der Waals surface area contributed by atoms with Gasteiger partial charge in [-0.2, -0.15) is 0 Å². The predicted octanol–water partition coefficient (Wildman–Crippen LogP) is 0.248. The molecule has 16 heavy (non-hydrogen) atoms. The molecule has 4 heteroatoms. The molecule has 1 aromatic rings. The van der Waals surface area contributed by atoms with Crippen LogP contribution in [-0.4, -0.2) is 32.7 Å². The van der Waals surface area contributed by atoms with Gasteiger partial charge in [0.05, 0.1) is 6.61 Å². The normalized spacial score (nSPS) is 25.2. The number of amides is 1. The first-order valence-corrected chi connectivity index (χ1v) is 5.37. The number of carbonyl (C=O) groups is 1. The second-order valence-corrected chi connectivity index (χ2v) is 3.89. The molecule has 4 nitrogen and oxygen atoms in total. The van der Waals surface area contributed by atoms with Crippen LogP contribution in [0.4, 0.5) is 0 Å². The molecular weight excluding hydrogens is 204 g/mol. The zero-order valence-electron chi connectivity index (χ0n) is 9.32. The third kappa shape index (κ3) is 1.81. The molecule has 0 aliphatic carbocycles. The van der Waals surface area contributed by atoms with Gasteiger partial charge in [0.1, 0.15) is 5.54 Å². The number of benzene rings is 1. The van der Waals surface area contributed by atoms with E-state index in [2.05, 4.69) is 10.6 Å². The summed E-state index contributed by atoms with van der Waals surface area (Å²) < 4.78 is 5.19. The van der Waals surface area contributed by atoms with Crippen LogP contribution >= 0.6 is 0 Å². The van der Waals surface area contributed by atoms with Gasteiger partial charge in [-0.05, 0) is 5.56 Å². The third-order valence-electron chi connectivity index (χ3n) is 2.85. The highest BCUT2D eigenvalue weighted by atomic mass is 16.5. The van der Waals surface area contributed by atoms with E-state index in [0.29, 0.717) is 13.2 Å². The number of piperazine rings is 1. The Balaban J connectivity index is 2.38. The summed E-state index contributed by atoms with van der Waals surface area (Å²) in [5, 5.41) is 6.14. The van der Waals surface area contributed by atoms with Crippen LogP contribution in [0.1, 0.15) is 5.56 Å². The van der Waals surface area contributed by atoms with E-state index in [1.54, 1.807) is 7.11 Å². The van der Waals surface area contributed by atoms with Crippen molar-refractivity contribution in [3.8, 4) is 0 Å². The summed E-state index contributed by atoms with van der Waals surface area (Å²) in [6.07, 6.45) is 0. The highest BCUT2D eigenvalue weighted by molar-refractivity contribution is 5.88. The highest BCUT2D eigenvalue weighted by Crippen LogP contribution is 2.23. The first-order valence-electron chi connectivity index (χ1n) is 5.37.